The molecular weight excluding hydrogens is 392 g/mol. The SMILES string of the molecule is CCOc1ccccc1N1C(=O)C(Nc2ccccc2)=C(c2ccccc2OC)C1=O. The van der Waals surface area contributed by atoms with Crippen LogP contribution in [0.2, 0.25) is 0 Å². The Labute approximate surface area is 180 Å². The number of carbonyl (C=O) groups is 2. The van der Waals surface area contributed by atoms with Gasteiger partial charge in [-0.1, -0.05) is 48.5 Å². The van der Waals surface area contributed by atoms with Gasteiger partial charge in [-0.2, -0.15) is 0 Å². The fourth-order valence-electron chi connectivity index (χ4n) is 3.55. The lowest BCUT2D eigenvalue weighted by molar-refractivity contribution is -0.120. The van der Waals surface area contributed by atoms with Gasteiger partial charge in [0.25, 0.3) is 11.8 Å². The van der Waals surface area contributed by atoms with E-state index in [-0.39, 0.29) is 11.3 Å². The Hall–Kier alpha value is -4.06. The van der Waals surface area contributed by atoms with E-state index in [9.17, 15) is 9.59 Å². The minimum atomic E-state index is -0.457. The van der Waals surface area contributed by atoms with Crippen LogP contribution in [0.15, 0.2) is 84.6 Å². The van der Waals surface area contributed by atoms with Crippen LogP contribution in [0.5, 0.6) is 11.5 Å². The van der Waals surface area contributed by atoms with Gasteiger partial charge in [-0.3, -0.25) is 9.59 Å². The van der Waals surface area contributed by atoms with Gasteiger partial charge in [0.2, 0.25) is 0 Å². The molecule has 2 amide bonds. The molecule has 4 rings (SSSR count). The highest BCUT2D eigenvalue weighted by Crippen LogP contribution is 2.40. The zero-order valence-electron chi connectivity index (χ0n) is 17.3. The lowest BCUT2D eigenvalue weighted by Gasteiger charge is -2.19. The Morgan fingerprint density at radius 3 is 2.16 bits per heavy atom. The molecule has 0 unspecified atom stereocenters. The van der Waals surface area contributed by atoms with E-state index in [2.05, 4.69) is 5.32 Å². The van der Waals surface area contributed by atoms with E-state index in [1.54, 1.807) is 42.5 Å². The molecule has 1 aliphatic rings. The summed E-state index contributed by atoms with van der Waals surface area (Å²) in [5, 5.41) is 3.14. The molecule has 31 heavy (non-hydrogen) atoms. The maximum Gasteiger partial charge on any atom is 0.282 e. The number of imide groups is 1. The van der Waals surface area contributed by atoms with Gasteiger partial charge in [0.05, 0.1) is 25.0 Å². The highest BCUT2D eigenvalue weighted by molar-refractivity contribution is 6.46. The third-order valence-electron chi connectivity index (χ3n) is 4.91. The van der Waals surface area contributed by atoms with Crippen LogP contribution in [-0.2, 0) is 9.59 Å². The van der Waals surface area contributed by atoms with Crippen molar-refractivity contribution in [3.8, 4) is 11.5 Å². The summed E-state index contributed by atoms with van der Waals surface area (Å²) in [4.78, 5) is 28.3. The predicted octanol–water partition coefficient (Wildman–Crippen LogP) is 4.49. The number of hydrogen-bond donors (Lipinski definition) is 1. The quantitative estimate of drug-likeness (QED) is 0.577. The van der Waals surface area contributed by atoms with Crippen molar-refractivity contribution in [2.24, 2.45) is 0 Å². The summed E-state index contributed by atoms with van der Waals surface area (Å²) >= 11 is 0. The molecule has 1 heterocycles. The van der Waals surface area contributed by atoms with Crippen molar-refractivity contribution in [2.45, 2.75) is 6.92 Å². The van der Waals surface area contributed by atoms with Crippen LogP contribution in [0, 0.1) is 0 Å². The van der Waals surface area contributed by atoms with E-state index < -0.39 is 11.8 Å². The summed E-state index contributed by atoms with van der Waals surface area (Å²) in [6.45, 7) is 2.26. The van der Waals surface area contributed by atoms with Crippen molar-refractivity contribution in [3.05, 3.63) is 90.1 Å². The standard InChI is InChI=1S/C25H22N2O4/c1-3-31-21-16-10-8-14-19(21)27-24(28)22(18-13-7-9-15-20(18)30-2)23(25(27)29)26-17-11-5-4-6-12-17/h4-16,26H,3H2,1-2H3. The molecule has 0 saturated heterocycles. The van der Waals surface area contributed by atoms with Crippen molar-refractivity contribution in [2.75, 3.05) is 23.9 Å². The number of rotatable bonds is 7. The van der Waals surface area contributed by atoms with Gasteiger partial charge in [0.1, 0.15) is 17.2 Å². The lowest BCUT2D eigenvalue weighted by atomic mass is 10.0. The number of carbonyl (C=O) groups excluding carboxylic acids is 2. The van der Waals surface area contributed by atoms with E-state index in [4.69, 9.17) is 9.47 Å². The highest BCUT2D eigenvalue weighted by Gasteiger charge is 2.42. The van der Waals surface area contributed by atoms with Crippen LogP contribution in [0.25, 0.3) is 5.57 Å². The van der Waals surface area contributed by atoms with Crippen LogP contribution in [0.4, 0.5) is 11.4 Å². The number of nitrogens with zero attached hydrogens (tertiary/aromatic N) is 1. The highest BCUT2D eigenvalue weighted by atomic mass is 16.5. The zero-order valence-corrected chi connectivity index (χ0v) is 17.3. The van der Waals surface area contributed by atoms with Gasteiger partial charge in [-0.15, -0.1) is 0 Å². The Balaban J connectivity index is 1.87. The third kappa shape index (κ3) is 3.75. The van der Waals surface area contributed by atoms with Crippen LogP contribution in [0.1, 0.15) is 12.5 Å². The lowest BCUT2D eigenvalue weighted by Crippen LogP contribution is -2.32. The number of benzene rings is 3. The molecule has 6 heteroatoms. The first kappa shape index (κ1) is 20.2. The second kappa shape index (κ2) is 8.75. The number of methoxy groups -OCH3 is 1. The molecule has 0 spiro atoms. The minimum absolute atomic E-state index is 0.187. The molecule has 6 nitrogen and oxygen atoms in total. The second-order valence-corrected chi connectivity index (χ2v) is 6.79. The van der Waals surface area contributed by atoms with Crippen molar-refractivity contribution in [3.63, 3.8) is 0 Å². The van der Waals surface area contributed by atoms with Gasteiger partial charge in [0.15, 0.2) is 0 Å². The summed E-state index contributed by atoms with van der Waals surface area (Å²) in [7, 11) is 1.53. The number of amides is 2. The van der Waals surface area contributed by atoms with Gasteiger partial charge >= 0.3 is 0 Å². The largest absolute Gasteiger partial charge is 0.496 e. The number of ether oxygens (including phenoxy) is 2. The number of para-hydroxylation sites is 4. The van der Waals surface area contributed by atoms with Crippen LogP contribution < -0.4 is 19.7 Å². The molecule has 156 valence electrons. The Morgan fingerprint density at radius 1 is 0.806 bits per heavy atom. The Morgan fingerprint density at radius 2 is 1.45 bits per heavy atom. The van der Waals surface area contributed by atoms with Crippen LogP contribution >= 0.6 is 0 Å². The molecular formula is C25H22N2O4. The van der Waals surface area contributed by atoms with Crippen molar-refractivity contribution < 1.29 is 19.1 Å². The van der Waals surface area contributed by atoms with Gasteiger partial charge in [0, 0.05) is 11.3 Å². The average Bonchev–Trinajstić information content (AvgIpc) is 3.04. The Bertz CT molecular complexity index is 1150. The number of nitrogens with one attached hydrogen (secondary N) is 1. The fourth-order valence-corrected chi connectivity index (χ4v) is 3.55. The van der Waals surface area contributed by atoms with E-state index in [1.165, 1.54) is 7.11 Å². The van der Waals surface area contributed by atoms with Gasteiger partial charge in [-0.05, 0) is 37.3 Å². The molecule has 1 N–H and O–H groups in total. The molecule has 0 aliphatic carbocycles. The molecule has 0 atom stereocenters. The monoisotopic (exact) mass is 414 g/mol. The van der Waals surface area contributed by atoms with E-state index in [0.717, 1.165) is 4.90 Å². The molecule has 3 aromatic rings. The van der Waals surface area contributed by atoms with Crippen molar-refractivity contribution in [1.82, 2.24) is 0 Å². The van der Waals surface area contributed by atoms with Crippen molar-refractivity contribution >= 4 is 28.8 Å². The van der Waals surface area contributed by atoms with E-state index in [0.29, 0.717) is 35.0 Å². The summed E-state index contributed by atoms with van der Waals surface area (Å²) < 4.78 is 11.2. The van der Waals surface area contributed by atoms with Crippen LogP contribution in [0.3, 0.4) is 0 Å². The summed E-state index contributed by atoms with van der Waals surface area (Å²) in [5.41, 5.74) is 2.07. The summed E-state index contributed by atoms with van der Waals surface area (Å²) in [5.74, 6) is 0.0694. The predicted molar refractivity (Wildman–Crippen MR) is 120 cm³/mol. The van der Waals surface area contributed by atoms with Gasteiger partial charge in [-0.25, -0.2) is 4.90 Å². The van der Waals surface area contributed by atoms with E-state index >= 15 is 0 Å². The smallest absolute Gasteiger partial charge is 0.282 e. The third-order valence-corrected chi connectivity index (χ3v) is 4.91. The van der Waals surface area contributed by atoms with Gasteiger partial charge < -0.3 is 14.8 Å². The molecule has 0 fully saturated rings. The molecule has 0 radical (unpaired) electrons. The van der Waals surface area contributed by atoms with Crippen LogP contribution in [-0.4, -0.2) is 25.5 Å². The zero-order chi connectivity index (χ0) is 21.8. The molecule has 0 saturated carbocycles. The minimum Gasteiger partial charge on any atom is -0.496 e. The number of anilines is 2. The average molecular weight is 414 g/mol. The number of hydrogen-bond acceptors (Lipinski definition) is 5. The maximum absolute atomic E-state index is 13.6. The normalized spacial score (nSPS) is 13.5. The second-order valence-electron chi connectivity index (χ2n) is 6.79. The molecule has 0 aromatic heterocycles. The van der Waals surface area contributed by atoms with Crippen molar-refractivity contribution in [1.29, 1.82) is 0 Å². The molecule has 0 bridgehead atoms. The fraction of sp³-hybridized carbons (Fsp3) is 0.120. The van der Waals surface area contributed by atoms with E-state index in [1.807, 2.05) is 43.3 Å². The molecule has 1 aliphatic heterocycles. The summed E-state index contributed by atoms with van der Waals surface area (Å²) in [6.07, 6.45) is 0. The molecule has 3 aromatic carbocycles. The first-order valence-corrected chi connectivity index (χ1v) is 9.96. The Kier molecular flexibility index (Phi) is 5.71. The summed E-state index contributed by atoms with van der Waals surface area (Å²) in [6, 6.07) is 23.4. The maximum atomic E-state index is 13.6. The first-order chi connectivity index (χ1) is 15.2. The first-order valence-electron chi connectivity index (χ1n) is 9.96. The topological polar surface area (TPSA) is 67.9 Å².